The molecule has 5 nitrogen and oxygen atoms in total. The Morgan fingerprint density at radius 1 is 1.19 bits per heavy atom. The highest BCUT2D eigenvalue weighted by Crippen LogP contribution is 2.41. The molecule has 136 valence electrons. The molecular formula is C21H22O5. The minimum Gasteiger partial charge on any atom is -0.481 e. The molecule has 2 aromatic carbocycles. The third-order valence-electron chi connectivity index (χ3n) is 3.99. The minimum absolute atomic E-state index is 0.179. The molecule has 0 spiro atoms. The fraction of sp³-hybridized carbons (Fsp3) is 0.286. The van der Waals surface area contributed by atoms with Crippen LogP contribution in [0.1, 0.15) is 30.5 Å². The van der Waals surface area contributed by atoms with Gasteiger partial charge in [0.05, 0.1) is 6.10 Å². The predicted octanol–water partition coefficient (Wildman–Crippen LogP) is 3.47. The molecule has 0 fully saturated rings. The maximum Gasteiger partial charge on any atom is 0.344 e. The molecule has 0 saturated carbocycles. The van der Waals surface area contributed by atoms with Gasteiger partial charge in [-0.25, -0.2) is 4.79 Å². The van der Waals surface area contributed by atoms with E-state index < -0.39 is 12.3 Å². The molecule has 1 atom stereocenters. The van der Waals surface area contributed by atoms with Crippen LogP contribution in [-0.4, -0.2) is 30.1 Å². The monoisotopic (exact) mass is 354 g/mol. The van der Waals surface area contributed by atoms with Gasteiger partial charge in [-0.1, -0.05) is 30.3 Å². The summed E-state index contributed by atoms with van der Waals surface area (Å²) in [5.74, 6) is 0.641. The van der Waals surface area contributed by atoms with E-state index in [1.54, 1.807) is 26.0 Å². The number of hydrogen-bond donors (Lipinski definition) is 1. The minimum atomic E-state index is -1.04. The first-order valence-corrected chi connectivity index (χ1v) is 8.54. The second-order valence-corrected chi connectivity index (χ2v) is 6.35. The number of aliphatic hydroxyl groups is 1. The van der Waals surface area contributed by atoms with Crippen LogP contribution in [0.2, 0.25) is 0 Å². The van der Waals surface area contributed by atoms with Crippen LogP contribution >= 0.6 is 0 Å². The number of carbonyl (C=O) groups is 1. The van der Waals surface area contributed by atoms with E-state index in [0.717, 1.165) is 22.3 Å². The van der Waals surface area contributed by atoms with Gasteiger partial charge in [0.15, 0.2) is 6.61 Å². The van der Waals surface area contributed by atoms with Gasteiger partial charge in [-0.2, -0.15) is 0 Å². The number of ether oxygens (including phenoxy) is 3. The van der Waals surface area contributed by atoms with Crippen LogP contribution in [0.25, 0.3) is 5.57 Å². The van der Waals surface area contributed by atoms with Crippen LogP contribution < -0.4 is 9.47 Å². The summed E-state index contributed by atoms with van der Waals surface area (Å²) in [7, 11) is 0. The Balaban J connectivity index is 1.88. The number of esters is 1. The molecule has 0 radical (unpaired) electrons. The molecule has 1 heterocycles. The Morgan fingerprint density at radius 3 is 2.62 bits per heavy atom. The summed E-state index contributed by atoms with van der Waals surface area (Å²) in [6.45, 7) is 5.23. The zero-order chi connectivity index (χ0) is 18.7. The van der Waals surface area contributed by atoms with E-state index in [1.165, 1.54) is 0 Å². The van der Waals surface area contributed by atoms with Gasteiger partial charge in [-0.15, -0.1) is 0 Å². The number of rotatable bonds is 5. The first kappa shape index (κ1) is 18.0. The fourth-order valence-electron chi connectivity index (χ4n) is 2.88. The summed E-state index contributed by atoms with van der Waals surface area (Å²) in [4.78, 5) is 11.7. The smallest absolute Gasteiger partial charge is 0.344 e. The van der Waals surface area contributed by atoms with Gasteiger partial charge in [0.25, 0.3) is 0 Å². The molecule has 1 N–H and O–H groups in total. The molecular weight excluding hydrogens is 332 g/mol. The Morgan fingerprint density at radius 2 is 1.92 bits per heavy atom. The topological polar surface area (TPSA) is 65.0 Å². The van der Waals surface area contributed by atoms with Crippen molar-refractivity contribution < 1.29 is 24.1 Å². The Kier molecular flexibility index (Phi) is 5.28. The van der Waals surface area contributed by atoms with Gasteiger partial charge in [0.2, 0.25) is 6.29 Å². The largest absolute Gasteiger partial charge is 0.481 e. The van der Waals surface area contributed by atoms with Crippen LogP contribution in [-0.2, 0) is 9.53 Å². The second-order valence-electron chi connectivity index (χ2n) is 6.35. The van der Waals surface area contributed by atoms with Gasteiger partial charge in [-0.3, -0.25) is 0 Å². The third-order valence-corrected chi connectivity index (χ3v) is 3.99. The Hall–Kier alpha value is -2.79. The van der Waals surface area contributed by atoms with E-state index in [-0.39, 0.29) is 12.7 Å². The van der Waals surface area contributed by atoms with E-state index in [4.69, 9.17) is 14.2 Å². The molecule has 0 saturated heterocycles. The van der Waals surface area contributed by atoms with Crippen LogP contribution in [0, 0.1) is 6.92 Å². The summed E-state index contributed by atoms with van der Waals surface area (Å²) in [5.41, 5.74) is 3.48. The number of benzene rings is 2. The maximum absolute atomic E-state index is 11.7. The fourth-order valence-corrected chi connectivity index (χ4v) is 2.88. The lowest BCUT2D eigenvalue weighted by Crippen LogP contribution is -2.21. The van der Waals surface area contributed by atoms with Crippen molar-refractivity contribution in [2.45, 2.75) is 33.2 Å². The summed E-state index contributed by atoms with van der Waals surface area (Å²) in [5, 5.41) is 10.1. The van der Waals surface area contributed by atoms with Gasteiger partial charge >= 0.3 is 5.97 Å². The molecule has 1 unspecified atom stereocenters. The molecule has 0 aliphatic carbocycles. The Labute approximate surface area is 152 Å². The molecule has 1 aliphatic rings. The molecule has 26 heavy (non-hydrogen) atoms. The average Bonchev–Trinajstić information content (AvgIpc) is 2.61. The van der Waals surface area contributed by atoms with E-state index in [2.05, 4.69) is 0 Å². The average molecular weight is 354 g/mol. The predicted molar refractivity (Wildman–Crippen MR) is 98.1 cm³/mol. The van der Waals surface area contributed by atoms with Crippen LogP contribution in [0.4, 0.5) is 0 Å². The molecule has 0 bridgehead atoms. The first-order valence-electron chi connectivity index (χ1n) is 8.54. The van der Waals surface area contributed by atoms with Crippen LogP contribution in [0.5, 0.6) is 11.5 Å². The molecule has 5 heteroatoms. The number of fused-ring (bicyclic) bond motifs is 1. The van der Waals surface area contributed by atoms with Crippen LogP contribution in [0.15, 0.2) is 48.5 Å². The Bertz CT molecular complexity index is 824. The first-order chi connectivity index (χ1) is 12.5. The molecule has 0 aromatic heterocycles. The van der Waals surface area contributed by atoms with Crippen molar-refractivity contribution >= 4 is 11.5 Å². The van der Waals surface area contributed by atoms with Crippen molar-refractivity contribution in [3.05, 3.63) is 65.2 Å². The van der Waals surface area contributed by atoms with Crippen molar-refractivity contribution in [1.29, 1.82) is 0 Å². The number of hydrogen-bond acceptors (Lipinski definition) is 5. The van der Waals surface area contributed by atoms with Crippen molar-refractivity contribution in [1.82, 2.24) is 0 Å². The number of aliphatic hydroxyl groups excluding tert-OH is 1. The standard InChI is InChI=1S/C21H22O5/c1-13(2)25-20(23)12-24-18-10-9-16-17(15-7-5-4-6-8-15)11-19(22)26-21(16)14(18)3/h4-11,13,19,22H,12H2,1-3H3. The SMILES string of the molecule is Cc1c(OCC(=O)OC(C)C)ccc2c1OC(O)C=C2c1ccccc1. The summed E-state index contributed by atoms with van der Waals surface area (Å²) >= 11 is 0. The van der Waals surface area contributed by atoms with Crippen molar-refractivity contribution in [3.8, 4) is 11.5 Å². The second kappa shape index (κ2) is 7.62. The van der Waals surface area contributed by atoms with Gasteiger partial charge in [0.1, 0.15) is 11.5 Å². The lowest BCUT2D eigenvalue weighted by molar-refractivity contribution is -0.149. The van der Waals surface area contributed by atoms with Crippen molar-refractivity contribution in [2.75, 3.05) is 6.61 Å². The van der Waals surface area contributed by atoms with E-state index in [9.17, 15) is 9.90 Å². The van der Waals surface area contributed by atoms with Gasteiger partial charge in [-0.05, 0) is 50.1 Å². The summed E-state index contributed by atoms with van der Waals surface area (Å²) in [6.07, 6.45) is 0.447. The highest BCUT2D eigenvalue weighted by atomic mass is 16.6. The van der Waals surface area contributed by atoms with Crippen molar-refractivity contribution in [3.63, 3.8) is 0 Å². The number of carbonyl (C=O) groups excluding carboxylic acids is 1. The normalized spacial score (nSPS) is 15.7. The lowest BCUT2D eigenvalue weighted by atomic mass is 9.93. The quantitative estimate of drug-likeness (QED) is 0.833. The van der Waals surface area contributed by atoms with Crippen LogP contribution in [0.3, 0.4) is 0 Å². The molecule has 2 aromatic rings. The maximum atomic E-state index is 11.7. The van der Waals surface area contributed by atoms with Gasteiger partial charge in [0, 0.05) is 11.1 Å². The molecule has 0 amide bonds. The molecule has 3 rings (SSSR count). The lowest BCUT2D eigenvalue weighted by Gasteiger charge is -2.25. The van der Waals surface area contributed by atoms with E-state index in [1.807, 2.05) is 43.3 Å². The molecule has 1 aliphatic heterocycles. The van der Waals surface area contributed by atoms with E-state index in [0.29, 0.717) is 11.5 Å². The van der Waals surface area contributed by atoms with Crippen molar-refractivity contribution in [2.24, 2.45) is 0 Å². The zero-order valence-corrected chi connectivity index (χ0v) is 15.1. The van der Waals surface area contributed by atoms with Gasteiger partial charge < -0.3 is 19.3 Å². The van der Waals surface area contributed by atoms with E-state index >= 15 is 0 Å². The summed E-state index contributed by atoms with van der Waals surface area (Å²) in [6, 6.07) is 13.5. The highest BCUT2D eigenvalue weighted by molar-refractivity contribution is 5.85. The third kappa shape index (κ3) is 3.89. The summed E-state index contributed by atoms with van der Waals surface area (Å²) < 4.78 is 16.3. The zero-order valence-electron chi connectivity index (χ0n) is 15.1. The highest BCUT2D eigenvalue weighted by Gasteiger charge is 2.24.